The third-order valence-corrected chi connectivity index (χ3v) is 5.13. The lowest BCUT2D eigenvalue weighted by atomic mass is 10.2. The molecule has 1 nitrogen and oxygen atoms in total. The summed E-state index contributed by atoms with van der Waals surface area (Å²) in [5.41, 5.74) is 0. The molecule has 0 saturated carbocycles. The summed E-state index contributed by atoms with van der Waals surface area (Å²) in [6, 6.07) is 2.74. The third kappa shape index (κ3) is 4.89. The maximum absolute atomic E-state index is 3.59. The molecule has 1 aromatic heterocycles. The van der Waals surface area contributed by atoms with Gasteiger partial charge in [0.15, 0.2) is 0 Å². The van der Waals surface area contributed by atoms with Crippen LogP contribution in [-0.2, 0) is 6.42 Å². The molecule has 0 amide bonds. The van der Waals surface area contributed by atoms with Crippen LogP contribution in [0.25, 0.3) is 0 Å². The summed E-state index contributed by atoms with van der Waals surface area (Å²) in [7, 11) is 0. The van der Waals surface area contributed by atoms with Crippen LogP contribution in [0.4, 0.5) is 0 Å². The van der Waals surface area contributed by atoms with Gasteiger partial charge in [0.05, 0.1) is 0 Å². The molecule has 1 heterocycles. The Hall–Kier alpha value is 0.490. The van der Waals surface area contributed by atoms with E-state index in [1.54, 1.807) is 0 Å². The molecular weight excluding hydrogens is 290 g/mol. The fourth-order valence-electron chi connectivity index (χ4n) is 1.43. The highest BCUT2D eigenvalue weighted by molar-refractivity contribution is 9.10. The summed E-state index contributed by atoms with van der Waals surface area (Å²) in [5, 5.41) is 5.70. The molecule has 0 aliphatic heterocycles. The molecule has 1 rings (SSSR count). The summed E-state index contributed by atoms with van der Waals surface area (Å²) in [4.78, 5) is 1.46. The number of nitrogens with one attached hydrogen (secondary N) is 1. The normalized spacial score (nSPS) is 13.0. The van der Waals surface area contributed by atoms with E-state index in [9.17, 15) is 0 Å². The van der Waals surface area contributed by atoms with Crippen LogP contribution in [0.1, 0.15) is 18.7 Å². The van der Waals surface area contributed by atoms with Crippen molar-refractivity contribution < 1.29 is 0 Å². The van der Waals surface area contributed by atoms with Crippen molar-refractivity contribution in [2.75, 3.05) is 18.1 Å². The highest BCUT2D eigenvalue weighted by Gasteiger charge is 2.11. The van der Waals surface area contributed by atoms with E-state index in [0.29, 0.717) is 6.04 Å². The number of rotatable bonds is 7. The van der Waals surface area contributed by atoms with Crippen LogP contribution in [0, 0.1) is 0 Å². The Morgan fingerprint density at radius 3 is 2.87 bits per heavy atom. The highest BCUT2D eigenvalue weighted by Crippen LogP contribution is 2.24. The van der Waals surface area contributed by atoms with Crippen LogP contribution < -0.4 is 5.32 Å². The van der Waals surface area contributed by atoms with E-state index in [0.717, 1.165) is 13.0 Å². The molecule has 0 fully saturated rings. The van der Waals surface area contributed by atoms with Gasteiger partial charge in [-0.2, -0.15) is 11.8 Å². The average Bonchev–Trinajstić information content (AvgIpc) is 2.61. The molecular formula is C11H18BrNS2. The van der Waals surface area contributed by atoms with Gasteiger partial charge in [-0.1, -0.05) is 13.8 Å². The molecule has 4 heteroatoms. The zero-order chi connectivity index (χ0) is 11.1. The van der Waals surface area contributed by atoms with Crippen LogP contribution in [0.15, 0.2) is 15.9 Å². The van der Waals surface area contributed by atoms with Crippen molar-refractivity contribution in [2.24, 2.45) is 0 Å². The summed E-state index contributed by atoms with van der Waals surface area (Å²) in [5.74, 6) is 2.40. The van der Waals surface area contributed by atoms with Gasteiger partial charge >= 0.3 is 0 Å². The summed E-state index contributed by atoms with van der Waals surface area (Å²) >= 11 is 7.44. The number of hydrogen-bond acceptors (Lipinski definition) is 3. The van der Waals surface area contributed by atoms with Crippen molar-refractivity contribution in [1.29, 1.82) is 0 Å². The Morgan fingerprint density at radius 1 is 1.53 bits per heavy atom. The first-order valence-corrected chi connectivity index (χ1v) is 8.13. The molecule has 1 N–H and O–H groups in total. The van der Waals surface area contributed by atoms with E-state index in [1.165, 1.54) is 20.9 Å². The highest BCUT2D eigenvalue weighted by atomic mass is 79.9. The Labute approximate surface area is 109 Å². The van der Waals surface area contributed by atoms with Crippen LogP contribution in [0.3, 0.4) is 0 Å². The lowest BCUT2D eigenvalue weighted by Crippen LogP contribution is -2.33. The maximum atomic E-state index is 3.59. The van der Waals surface area contributed by atoms with Gasteiger partial charge in [0.1, 0.15) is 0 Å². The summed E-state index contributed by atoms with van der Waals surface area (Å²) < 4.78 is 1.26. The van der Waals surface area contributed by atoms with Crippen molar-refractivity contribution in [1.82, 2.24) is 5.32 Å². The minimum atomic E-state index is 0.606. The number of likely N-dealkylation sites (N-methyl/N-ethyl adjacent to an activating group) is 1. The first-order valence-electron chi connectivity index (χ1n) is 5.30. The zero-order valence-corrected chi connectivity index (χ0v) is 12.5. The van der Waals surface area contributed by atoms with E-state index in [2.05, 4.69) is 46.5 Å². The molecule has 86 valence electrons. The fourth-order valence-corrected chi connectivity index (χ4v) is 3.79. The Bertz CT molecular complexity index is 275. The molecule has 0 aromatic carbocycles. The maximum Gasteiger partial charge on any atom is 0.0314 e. The second-order valence-corrected chi connectivity index (χ2v) is 6.48. The molecule has 1 atom stereocenters. The van der Waals surface area contributed by atoms with Crippen molar-refractivity contribution in [3.63, 3.8) is 0 Å². The number of hydrogen-bond donors (Lipinski definition) is 1. The van der Waals surface area contributed by atoms with Gasteiger partial charge in [-0.15, -0.1) is 11.3 Å². The molecule has 0 aliphatic carbocycles. The van der Waals surface area contributed by atoms with Crippen molar-refractivity contribution in [2.45, 2.75) is 26.3 Å². The van der Waals surface area contributed by atoms with E-state index in [-0.39, 0.29) is 0 Å². The molecule has 15 heavy (non-hydrogen) atoms. The van der Waals surface area contributed by atoms with E-state index in [1.807, 2.05) is 23.1 Å². The van der Waals surface area contributed by atoms with E-state index < -0.39 is 0 Å². The van der Waals surface area contributed by atoms with Gasteiger partial charge in [0.2, 0.25) is 0 Å². The predicted octanol–water partition coefficient (Wildman–Crippen LogP) is 3.78. The first kappa shape index (κ1) is 13.6. The van der Waals surface area contributed by atoms with Crippen molar-refractivity contribution >= 4 is 39.0 Å². The number of halogens is 1. The minimum absolute atomic E-state index is 0.606. The topological polar surface area (TPSA) is 12.0 Å². The average molecular weight is 308 g/mol. The van der Waals surface area contributed by atoms with E-state index >= 15 is 0 Å². The molecule has 0 aliphatic rings. The Balaban J connectivity index is 2.46. The van der Waals surface area contributed by atoms with Crippen molar-refractivity contribution in [3.05, 3.63) is 20.8 Å². The second-order valence-electron chi connectivity index (χ2n) is 3.31. The van der Waals surface area contributed by atoms with Crippen molar-refractivity contribution in [3.8, 4) is 0 Å². The third-order valence-electron chi connectivity index (χ3n) is 2.14. The Morgan fingerprint density at radius 2 is 2.33 bits per heavy atom. The molecule has 0 spiro atoms. The summed E-state index contributed by atoms with van der Waals surface area (Å²) in [6.45, 7) is 5.44. The Kier molecular flexibility index (Phi) is 6.97. The lowest BCUT2D eigenvalue weighted by Gasteiger charge is -2.16. The summed E-state index contributed by atoms with van der Waals surface area (Å²) in [6.07, 6.45) is 1.14. The van der Waals surface area contributed by atoms with E-state index in [4.69, 9.17) is 0 Å². The predicted molar refractivity (Wildman–Crippen MR) is 76.2 cm³/mol. The second kappa shape index (κ2) is 7.71. The van der Waals surface area contributed by atoms with Gasteiger partial charge < -0.3 is 5.32 Å². The van der Waals surface area contributed by atoms with Crippen LogP contribution in [-0.4, -0.2) is 24.1 Å². The number of thiophene rings is 1. The van der Waals surface area contributed by atoms with Crippen LogP contribution in [0.5, 0.6) is 0 Å². The van der Waals surface area contributed by atoms with Gasteiger partial charge in [0.25, 0.3) is 0 Å². The van der Waals surface area contributed by atoms with Gasteiger partial charge in [-0.25, -0.2) is 0 Å². The monoisotopic (exact) mass is 307 g/mol. The first-order chi connectivity index (χ1) is 7.27. The SMILES string of the molecule is CCNC(CSCC)Cc1sccc1Br. The van der Waals surface area contributed by atoms with Gasteiger partial charge in [-0.05, 0) is 46.1 Å². The minimum Gasteiger partial charge on any atom is -0.313 e. The molecule has 0 radical (unpaired) electrons. The molecule has 1 aromatic rings. The molecule has 0 saturated heterocycles. The van der Waals surface area contributed by atoms with Crippen LogP contribution in [0.2, 0.25) is 0 Å². The number of thioether (sulfide) groups is 1. The molecule has 1 unspecified atom stereocenters. The quantitative estimate of drug-likeness (QED) is 0.822. The zero-order valence-electron chi connectivity index (χ0n) is 9.25. The smallest absolute Gasteiger partial charge is 0.0314 e. The lowest BCUT2D eigenvalue weighted by molar-refractivity contribution is 0.575. The fraction of sp³-hybridized carbons (Fsp3) is 0.636. The largest absolute Gasteiger partial charge is 0.313 e. The standard InChI is InChI=1S/C11H18BrNS2/c1-3-13-9(8-14-4-2)7-11-10(12)5-6-15-11/h5-6,9,13H,3-4,7-8H2,1-2H3. The molecule has 0 bridgehead atoms. The van der Waals surface area contributed by atoms with Gasteiger partial charge in [0, 0.05) is 21.1 Å². The van der Waals surface area contributed by atoms with Crippen LogP contribution >= 0.6 is 39.0 Å². The van der Waals surface area contributed by atoms with Gasteiger partial charge in [-0.3, -0.25) is 0 Å².